The van der Waals surface area contributed by atoms with Crippen molar-refractivity contribution in [1.82, 2.24) is 9.55 Å². The van der Waals surface area contributed by atoms with E-state index in [1.54, 1.807) is 11.5 Å². The van der Waals surface area contributed by atoms with Gasteiger partial charge in [-0.1, -0.05) is 12.1 Å². The van der Waals surface area contributed by atoms with Gasteiger partial charge < -0.3 is 14.5 Å². The Morgan fingerprint density at radius 3 is 2.93 bits per heavy atom. The first-order valence-corrected chi connectivity index (χ1v) is 4.32. The van der Waals surface area contributed by atoms with Crippen molar-refractivity contribution >= 4 is 17.0 Å². The third kappa shape index (κ3) is 1.25. The average molecular weight is 189 g/mol. The molecule has 0 saturated heterocycles. The van der Waals surface area contributed by atoms with Crippen LogP contribution in [-0.2, 0) is 4.79 Å². The van der Waals surface area contributed by atoms with Crippen LogP contribution in [0.4, 0.5) is 0 Å². The zero-order chi connectivity index (χ0) is 10.1. The van der Waals surface area contributed by atoms with E-state index in [-0.39, 0.29) is 0 Å². The van der Waals surface area contributed by atoms with Gasteiger partial charge in [0.15, 0.2) is 0 Å². The number of hydrogen-bond acceptors (Lipinski definition) is 3. The number of aliphatic carboxylic acids is 1. The van der Waals surface area contributed by atoms with Crippen LogP contribution in [0, 0.1) is 0 Å². The molecule has 0 saturated carbocycles. The molecule has 0 bridgehead atoms. The molecule has 1 heterocycles. The fourth-order valence-corrected chi connectivity index (χ4v) is 1.40. The monoisotopic (exact) mass is 189 g/mol. The van der Waals surface area contributed by atoms with E-state index in [0.29, 0.717) is 0 Å². The number of rotatable bonds is 2. The Kier molecular flexibility index (Phi) is 1.96. The summed E-state index contributed by atoms with van der Waals surface area (Å²) in [7, 11) is 0. The fraction of sp³-hybridized carbons (Fsp3) is 0.200. The lowest BCUT2D eigenvalue weighted by Gasteiger charge is -2.14. The Labute approximate surface area is 80.8 Å². The molecule has 0 amide bonds. The minimum Gasteiger partial charge on any atom is -0.548 e. The summed E-state index contributed by atoms with van der Waals surface area (Å²) in [6.07, 6.45) is 1.52. The lowest BCUT2D eigenvalue weighted by atomic mass is 10.3. The highest BCUT2D eigenvalue weighted by atomic mass is 16.4. The van der Waals surface area contributed by atoms with Crippen LogP contribution in [0.2, 0.25) is 0 Å². The highest BCUT2D eigenvalue weighted by Gasteiger charge is 2.08. The molecule has 72 valence electrons. The zero-order valence-corrected chi connectivity index (χ0v) is 7.68. The van der Waals surface area contributed by atoms with E-state index < -0.39 is 12.0 Å². The summed E-state index contributed by atoms with van der Waals surface area (Å²) < 4.78 is 1.59. The number of nitrogens with zero attached hydrogens (tertiary/aromatic N) is 2. The molecule has 1 atom stereocenters. The molecule has 0 fully saturated rings. The maximum absolute atomic E-state index is 10.7. The molecule has 4 nitrogen and oxygen atoms in total. The van der Waals surface area contributed by atoms with E-state index in [9.17, 15) is 9.90 Å². The standard InChI is InChI=1S/C10H10N2O2/c1-7(10(13)14)12-6-11-8-4-2-3-5-9(8)12/h2-7H,1H3,(H,13,14)/p-1/t7-/m1/s1. The molecule has 0 radical (unpaired) electrons. The van der Waals surface area contributed by atoms with Gasteiger partial charge in [0.2, 0.25) is 0 Å². The Balaban J connectivity index is 2.58. The summed E-state index contributed by atoms with van der Waals surface area (Å²) in [4.78, 5) is 14.8. The molecule has 0 aliphatic rings. The highest BCUT2D eigenvalue weighted by molar-refractivity contribution is 5.78. The van der Waals surface area contributed by atoms with Gasteiger partial charge in [0.1, 0.15) is 0 Å². The van der Waals surface area contributed by atoms with Crippen molar-refractivity contribution in [3.8, 4) is 0 Å². The Hall–Kier alpha value is -1.84. The summed E-state index contributed by atoms with van der Waals surface area (Å²) in [6.45, 7) is 1.57. The maximum atomic E-state index is 10.7. The molecular weight excluding hydrogens is 180 g/mol. The van der Waals surface area contributed by atoms with E-state index in [4.69, 9.17) is 0 Å². The Morgan fingerprint density at radius 1 is 1.50 bits per heavy atom. The second-order valence-electron chi connectivity index (χ2n) is 3.14. The second-order valence-corrected chi connectivity index (χ2v) is 3.14. The molecule has 0 aliphatic heterocycles. The van der Waals surface area contributed by atoms with Gasteiger partial charge in [0.05, 0.1) is 29.4 Å². The average Bonchev–Trinajstić information content (AvgIpc) is 2.60. The zero-order valence-electron chi connectivity index (χ0n) is 7.68. The van der Waals surface area contributed by atoms with Gasteiger partial charge in [-0.25, -0.2) is 4.98 Å². The van der Waals surface area contributed by atoms with Crippen molar-refractivity contribution < 1.29 is 9.90 Å². The molecule has 2 aromatic rings. The van der Waals surface area contributed by atoms with Crippen LogP contribution in [0.5, 0.6) is 0 Å². The maximum Gasteiger partial charge on any atom is 0.0964 e. The number of carbonyl (C=O) groups excluding carboxylic acids is 1. The molecule has 0 unspecified atom stereocenters. The number of carboxylic acids is 1. The van der Waals surface area contributed by atoms with Crippen molar-refractivity contribution in [2.24, 2.45) is 0 Å². The van der Waals surface area contributed by atoms with E-state index in [0.717, 1.165) is 11.0 Å². The van der Waals surface area contributed by atoms with Crippen molar-refractivity contribution in [3.05, 3.63) is 30.6 Å². The quantitative estimate of drug-likeness (QED) is 0.684. The first kappa shape index (κ1) is 8.74. The fourth-order valence-electron chi connectivity index (χ4n) is 1.40. The summed E-state index contributed by atoms with van der Waals surface area (Å²) in [6, 6.07) is 6.70. The van der Waals surface area contributed by atoms with Crippen LogP contribution in [0.3, 0.4) is 0 Å². The van der Waals surface area contributed by atoms with Gasteiger partial charge in [-0.3, -0.25) is 0 Å². The van der Waals surface area contributed by atoms with Crippen LogP contribution in [0.25, 0.3) is 11.0 Å². The first-order valence-electron chi connectivity index (χ1n) is 4.32. The molecule has 2 rings (SSSR count). The van der Waals surface area contributed by atoms with Crippen LogP contribution in [-0.4, -0.2) is 15.5 Å². The molecule has 0 N–H and O–H groups in total. The van der Waals surface area contributed by atoms with E-state index in [1.165, 1.54) is 6.33 Å². The molecule has 4 heteroatoms. The first-order chi connectivity index (χ1) is 6.70. The number of benzene rings is 1. The minimum atomic E-state index is -1.10. The normalized spacial score (nSPS) is 12.9. The SMILES string of the molecule is C[C@H](C(=O)[O-])n1cnc2ccccc21. The smallest absolute Gasteiger partial charge is 0.0964 e. The van der Waals surface area contributed by atoms with Crippen LogP contribution in [0.15, 0.2) is 30.6 Å². The lowest BCUT2D eigenvalue weighted by molar-refractivity contribution is -0.309. The van der Waals surface area contributed by atoms with Crippen LogP contribution in [0.1, 0.15) is 13.0 Å². The largest absolute Gasteiger partial charge is 0.548 e. The molecule has 14 heavy (non-hydrogen) atoms. The van der Waals surface area contributed by atoms with Gasteiger partial charge >= 0.3 is 0 Å². The van der Waals surface area contributed by atoms with Crippen molar-refractivity contribution in [2.45, 2.75) is 13.0 Å². The predicted molar refractivity (Wildman–Crippen MR) is 49.5 cm³/mol. The number of fused-ring (bicyclic) bond motifs is 1. The third-order valence-corrected chi connectivity index (χ3v) is 2.24. The number of imidazole rings is 1. The van der Waals surface area contributed by atoms with Crippen LogP contribution < -0.4 is 5.11 Å². The molecule has 0 aliphatic carbocycles. The molecule has 1 aromatic carbocycles. The number of carbonyl (C=O) groups is 1. The second kappa shape index (κ2) is 3.14. The topological polar surface area (TPSA) is 57.9 Å². The number of hydrogen-bond donors (Lipinski definition) is 0. The summed E-state index contributed by atoms with van der Waals surface area (Å²) in [5, 5.41) is 10.7. The van der Waals surface area contributed by atoms with Gasteiger partial charge in [-0.15, -0.1) is 0 Å². The van der Waals surface area contributed by atoms with Gasteiger partial charge in [0.25, 0.3) is 0 Å². The molecular formula is C10H9N2O2-. The van der Waals surface area contributed by atoms with Crippen molar-refractivity contribution in [3.63, 3.8) is 0 Å². The molecule has 1 aromatic heterocycles. The number of para-hydroxylation sites is 2. The van der Waals surface area contributed by atoms with Crippen molar-refractivity contribution in [1.29, 1.82) is 0 Å². The predicted octanol–water partition coefficient (Wildman–Crippen LogP) is 0.347. The summed E-state index contributed by atoms with van der Waals surface area (Å²) >= 11 is 0. The van der Waals surface area contributed by atoms with Crippen LogP contribution >= 0.6 is 0 Å². The summed E-state index contributed by atoms with van der Waals surface area (Å²) in [5.74, 6) is -1.10. The van der Waals surface area contributed by atoms with E-state index >= 15 is 0 Å². The number of aromatic nitrogens is 2. The summed E-state index contributed by atoms with van der Waals surface area (Å²) in [5.41, 5.74) is 1.60. The van der Waals surface area contributed by atoms with Gasteiger partial charge in [0, 0.05) is 0 Å². The van der Waals surface area contributed by atoms with Gasteiger partial charge in [-0.05, 0) is 19.1 Å². The molecule has 0 spiro atoms. The van der Waals surface area contributed by atoms with E-state index in [2.05, 4.69) is 4.98 Å². The van der Waals surface area contributed by atoms with E-state index in [1.807, 2.05) is 24.3 Å². The van der Waals surface area contributed by atoms with Crippen molar-refractivity contribution in [2.75, 3.05) is 0 Å². The highest BCUT2D eigenvalue weighted by Crippen LogP contribution is 2.16. The Morgan fingerprint density at radius 2 is 2.21 bits per heavy atom. The van der Waals surface area contributed by atoms with Gasteiger partial charge in [-0.2, -0.15) is 0 Å². The number of carboxylic acid groups (broad SMARTS) is 1. The lowest BCUT2D eigenvalue weighted by Crippen LogP contribution is -2.31. The third-order valence-electron chi connectivity index (χ3n) is 2.24. The minimum absolute atomic E-state index is 0.692. The Bertz CT molecular complexity index is 476.